The van der Waals surface area contributed by atoms with Crippen LogP contribution in [0.3, 0.4) is 0 Å². The van der Waals surface area contributed by atoms with E-state index in [9.17, 15) is 13.2 Å². The molecule has 0 fully saturated rings. The fourth-order valence-corrected chi connectivity index (χ4v) is 4.28. The van der Waals surface area contributed by atoms with E-state index in [0.29, 0.717) is 23.7 Å². The summed E-state index contributed by atoms with van der Waals surface area (Å²) in [5.41, 5.74) is 1.54. The molecule has 0 saturated heterocycles. The monoisotopic (exact) mass is 493 g/mol. The van der Waals surface area contributed by atoms with Crippen molar-refractivity contribution >= 4 is 16.0 Å². The number of ether oxygens (including phenoxy) is 2. The molecule has 0 bridgehead atoms. The Morgan fingerprint density at radius 1 is 1.00 bits per heavy atom. The van der Waals surface area contributed by atoms with Crippen LogP contribution in [0.4, 0.5) is 0 Å². The number of para-hydroxylation sites is 1. The molecule has 0 atom stereocenters. The number of esters is 1. The summed E-state index contributed by atoms with van der Waals surface area (Å²) >= 11 is 0. The third-order valence-corrected chi connectivity index (χ3v) is 6.31. The molecule has 1 heterocycles. The van der Waals surface area contributed by atoms with Gasteiger partial charge in [-0.1, -0.05) is 53.7 Å². The summed E-state index contributed by atoms with van der Waals surface area (Å²) in [6.07, 6.45) is 0. The Bertz CT molecular complexity index is 1400. The fraction of sp³-hybridized carbons (Fsp3) is 0.160. The van der Waals surface area contributed by atoms with Crippen LogP contribution in [0.15, 0.2) is 88.3 Å². The van der Waals surface area contributed by atoms with Crippen LogP contribution in [0.1, 0.15) is 28.7 Å². The van der Waals surface area contributed by atoms with Crippen molar-refractivity contribution in [3.8, 4) is 17.1 Å². The van der Waals surface area contributed by atoms with Crippen LogP contribution < -0.4 is 9.46 Å². The molecular formula is C25H23N3O6S. The Morgan fingerprint density at radius 2 is 1.77 bits per heavy atom. The second-order valence-electron chi connectivity index (χ2n) is 7.36. The van der Waals surface area contributed by atoms with Crippen LogP contribution in [0, 0.1) is 0 Å². The number of nitrogens with zero attached hydrogens (tertiary/aromatic N) is 2. The van der Waals surface area contributed by atoms with E-state index >= 15 is 0 Å². The number of carbonyl (C=O) groups excluding carboxylic acids is 1. The molecule has 9 nitrogen and oxygen atoms in total. The smallest absolute Gasteiger partial charge is 0.338 e. The Balaban J connectivity index is 1.40. The lowest BCUT2D eigenvalue weighted by Gasteiger charge is -2.08. The van der Waals surface area contributed by atoms with Gasteiger partial charge in [-0.2, -0.15) is 4.98 Å². The minimum atomic E-state index is -3.83. The van der Waals surface area contributed by atoms with E-state index in [1.165, 1.54) is 24.3 Å². The molecule has 4 aromatic rings. The molecule has 0 aliphatic carbocycles. The molecule has 4 rings (SSSR count). The molecule has 3 aromatic carbocycles. The average molecular weight is 494 g/mol. The van der Waals surface area contributed by atoms with E-state index in [-0.39, 0.29) is 29.5 Å². The van der Waals surface area contributed by atoms with Crippen LogP contribution in [0.2, 0.25) is 0 Å². The van der Waals surface area contributed by atoms with Gasteiger partial charge in [-0.05, 0) is 42.8 Å². The maximum atomic E-state index is 12.7. The zero-order chi connectivity index (χ0) is 24.7. The quantitative estimate of drug-likeness (QED) is 0.330. The lowest BCUT2D eigenvalue weighted by Crippen LogP contribution is -2.23. The normalized spacial score (nSPS) is 11.2. The van der Waals surface area contributed by atoms with Crippen molar-refractivity contribution in [2.75, 3.05) is 6.61 Å². The first kappa shape index (κ1) is 24.1. The summed E-state index contributed by atoms with van der Waals surface area (Å²) < 4.78 is 43.9. The minimum absolute atomic E-state index is 0.0458. The molecule has 0 saturated carbocycles. The van der Waals surface area contributed by atoms with Crippen LogP contribution in [0.5, 0.6) is 5.75 Å². The van der Waals surface area contributed by atoms with Gasteiger partial charge in [0.2, 0.25) is 15.8 Å². The highest BCUT2D eigenvalue weighted by Crippen LogP contribution is 2.27. The lowest BCUT2D eigenvalue weighted by atomic mass is 10.2. The van der Waals surface area contributed by atoms with Crippen molar-refractivity contribution in [2.24, 2.45) is 0 Å². The number of rotatable bonds is 10. The maximum absolute atomic E-state index is 12.7. The van der Waals surface area contributed by atoms with Gasteiger partial charge in [-0.3, -0.25) is 0 Å². The highest BCUT2D eigenvalue weighted by molar-refractivity contribution is 7.89. The SMILES string of the molecule is CCOc1ccccc1-c1noc(COC(=O)c2cccc(S(=O)(=O)NCc3ccccc3)c2)n1. The number of nitrogens with one attached hydrogen (secondary N) is 1. The molecule has 1 aromatic heterocycles. The number of benzene rings is 3. The van der Waals surface area contributed by atoms with Gasteiger partial charge >= 0.3 is 5.97 Å². The molecule has 0 unspecified atom stereocenters. The van der Waals surface area contributed by atoms with E-state index in [4.69, 9.17) is 14.0 Å². The zero-order valence-electron chi connectivity index (χ0n) is 18.9. The van der Waals surface area contributed by atoms with Crippen molar-refractivity contribution < 1.29 is 27.2 Å². The standard InChI is InChI=1S/C25H23N3O6S/c1-2-32-22-14-7-6-13-21(22)24-27-23(34-28-24)17-33-25(29)19-11-8-12-20(15-19)35(30,31)26-16-18-9-4-3-5-10-18/h3-15,26H,2,16-17H2,1H3. The molecule has 180 valence electrons. The van der Waals surface area contributed by atoms with Crippen molar-refractivity contribution in [1.82, 2.24) is 14.9 Å². The number of hydrogen-bond donors (Lipinski definition) is 1. The fourth-order valence-electron chi connectivity index (χ4n) is 3.21. The van der Waals surface area contributed by atoms with Gasteiger partial charge in [-0.15, -0.1) is 0 Å². The molecule has 0 aliphatic rings. The van der Waals surface area contributed by atoms with Crippen LogP contribution in [-0.2, 0) is 27.9 Å². The lowest BCUT2D eigenvalue weighted by molar-refractivity contribution is 0.0429. The number of hydrogen-bond acceptors (Lipinski definition) is 8. The van der Waals surface area contributed by atoms with E-state index in [2.05, 4.69) is 14.9 Å². The third kappa shape index (κ3) is 6.11. The van der Waals surface area contributed by atoms with Gasteiger partial charge in [0.25, 0.3) is 5.89 Å². The third-order valence-electron chi connectivity index (χ3n) is 4.91. The first-order valence-corrected chi connectivity index (χ1v) is 12.3. The molecule has 1 N–H and O–H groups in total. The highest BCUT2D eigenvalue weighted by Gasteiger charge is 2.18. The van der Waals surface area contributed by atoms with Crippen LogP contribution in [0.25, 0.3) is 11.4 Å². The van der Waals surface area contributed by atoms with Crippen molar-refractivity contribution in [2.45, 2.75) is 25.0 Å². The molecule has 0 spiro atoms. The number of sulfonamides is 1. The van der Waals surface area contributed by atoms with Gasteiger partial charge in [-0.25, -0.2) is 17.9 Å². The van der Waals surface area contributed by atoms with Gasteiger partial charge in [0.1, 0.15) is 5.75 Å². The van der Waals surface area contributed by atoms with E-state index < -0.39 is 16.0 Å². The largest absolute Gasteiger partial charge is 0.493 e. The first-order chi connectivity index (χ1) is 17.0. The number of carbonyl (C=O) groups is 1. The van der Waals surface area contributed by atoms with Gasteiger partial charge in [0.05, 0.1) is 22.6 Å². The first-order valence-electron chi connectivity index (χ1n) is 10.8. The predicted molar refractivity (Wildman–Crippen MR) is 127 cm³/mol. The molecule has 35 heavy (non-hydrogen) atoms. The predicted octanol–water partition coefficient (Wildman–Crippen LogP) is 3.97. The van der Waals surface area contributed by atoms with Crippen molar-refractivity contribution in [3.63, 3.8) is 0 Å². The number of aromatic nitrogens is 2. The molecule has 0 radical (unpaired) electrons. The molecule has 0 aliphatic heterocycles. The Morgan fingerprint density at radius 3 is 2.57 bits per heavy atom. The van der Waals surface area contributed by atoms with Crippen LogP contribution >= 0.6 is 0 Å². The Labute approximate surface area is 202 Å². The second-order valence-corrected chi connectivity index (χ2v) is 9.12. The maximum Gasteiger partial charge on any atom is 0.338 e. The van der Waals surface area contributed by atoms with Gasteiger partial charge in [0, 0.05) is 6.54 Å². The average Bonchev–Trinajstić information content (AvgIpc) is 3.36. The minimum Gasteiger partial charge on any atom is -0.493 e. The van der Waals surface area contributed by atoms with Crippen molar-refractivity contribution in [1.29, 1.82) is 0 Å². The van der Waals surface area contributed by atoms with E-state index in [1.54, 1.807) is 12.1 Å². The summed E-state index contributed by atoms with van der Waals surface area (Å²) in [6.45, 7) is 2.21. The van der Waals surface area contributed by atoms with E-state index in [1.807, 2.05) is 49.4 Å². The molecule has 10 heteroatoms. The zero-order valence-corrected chi connectivity index (χ0v) is 19.7. The molecular weight excluding hydrogens is 470 g/mol. The summed E-state index contributed by atoms with van der Waals surface area (Å²) in [7, 11) is -3.83. The second kappa shape index (κ2) is 10.9. The van der Waals surface area contributed by atoms with Gasteiger partial charge < -0.3 is 14.0 Å². The Hall–Kier alpha value is -4.02. The molecule has 0 amide bonds. The Kier molecular flexibility index (Phi) is 7.54. The highest BCUT2D eigenvalue weighted by atomic mass is 32.2. The van der Waals surface area contributed by atoms with Crippen LogP contribution in [-0.4, -0.2) is 31.1 Å². The van der Waals surface area contributed by atoms with E-state index in [0.717, 1.165) is 5.56 Å². The summed E-state index contributed by atoms with van der Waals surface area (Å²) in [4.78, 5) is 16.8. The van der Waals surface area contributed by atoms with Gasteiger partial charge in [0.15, 0.2) is 6.61 Å². The topological polar surface area (TPSA) is 121 Å². The summed E-state index contributed by atoms with van der Waals surface area (Å²) in [5, 5.41) is 3.93. The van der Waals surface area contributed by atoms with Crippen molar-refractivity contribution in [3.05, 3.63) is 95.9 Å². The summed E-state index contributed by atoms with van der Waals surface area (Å²) in [6, 6.07) is 22.0. The summed E-state index contributed by atoms with van der Waals surface area (Å²) in [5.74, 6) is 0.281.